The average Bonchev–Trinajstić information content (AvgIpc) is 3.25. The fourth-order valence-corrected chi connectivity index (χ4v) is 3.96. The summed E-state index contributed by atoms with van der Waals surface area (Å²) in [5, 5.41) is 15.8. The molecule has 2 bridgehead atoms. The quantitative estimate of drug-likeness (QED) is 0.504. The summed E-state index contributed by atoms with van der Waals surface area (Å²) in [4.78, 5) is 41.8. The lowest BCUT2D eigenvalue weighted by Crippen LogP contribution is -2.42. The summed E-state index contributed by atoms with van der Waals surface area (Å²) in [6, 6.07) is -0.907. The first-order valence-electron chi connectivity index (χ1n) is 12.4. The lowest BCUT2D eigenvalue weighted by molar-refractivity contribution is -0.155. The van der Waals surface area contributed by atoms with Gasteiger partial charge in [0.25, 0.3) is 5.91 Å². The van der Waals surface area contributed by atoms with Gasteiger partial charge >= 0.3 is 5.97 Å². The number of nitrogens with zero attached hydrogens (tertiary/aromatic N) is 1. The minimum Gasteiger partial charge on any atom is -0.460 e. The fraction of sp³-hybridized carbons (Fsp3) is 0.556. The Balaban J connectivity index is 2.24. The Morgan fingerprint density at radius 3 is 2.56 bits per heavy atom. The zero-order valence-electron chi connectivity index (χ0n) is 22.0. The van der Waals surface area contributed by atoms with E-state index in [1.807, 2.05) is 46.8 Å². The number of fused-ring (bicyclic) bond motifs is 2. The molecule has 2 amide bonds. The van der Waals surface area contributed by atoms with E-state index in [0.717, 1.165) is 5.57 Å². The summed E-state index contributed by atoms with van der Waals surface area (Å²) >= 11 is 0. The summed E-state index contributed by atoms with van der Waals surface area (Å²) in [5.74, 6) is -1.21. The largest absolute Gasteiger partial charge is 0.460 e. The van der Waals surface area contributed by atoms with Crippen LogP contribution >= 0.6 is 0 Å². The maximum atomic E-state index is 12.7. The summed E-state index contributed by atoms with van der Waals surface area (Å²) in [5.41, 5.74) is 0.941. The third-order valence-electron chi connectivity index (χ3n) is 5.86. The first kappa shape index (κ1) is 29.0. The molecule has 0 saturated heterocycles. The van der Waals surface area contributed by atoms with Crippen LogP contribution in [0, 0.1) is 17.8 Å². The van der Waals surface area contributed by atoms with E-state index in [4.69, 9.17) is 9.15 Å². The molecule has 198 valence electrons. The third kappa shape index (κ3) is 9.45. The fourth-order valence-electron chi connectivity index (χ4n) is 3.96. The van der Waals surface area contributed by atoms with Gasteiger partial charge in [-0.3, -0.25) is 9.59 Å². The van der Waals surface area contributed by atoms with Gasteiger partial charge in [-0.1, -0.05) is 57.6 Å². The highest BCUT2D eigenvalue weighted by Gasteiger charge is 2.28. The van der Waals surface area contributed by atoms with Crippen LogP contribution in [-0.2, 0) is 20.7 Å². The first-order valence-corrected chi connectivity index (χ1v) is 12.4. The van der Waals surface area contributed by atoms with Gasteiger partial charge in [-0.15, -0.1) is 0 Å². The molecule has 0 radical (unpaired) electrons. The van der Waals surface area contributed by atoms with Gasteiger partial charge in [0.2, 0.25) is 5.91 Å². The number of amides is 2. The Kier molecular flexibility index (Phi) is 11.1. The number of aliphatic hydroxyl groups is 1. The van der Waals surface area contributed by atoms with Crippen LogP contribution in [0.2, 0.25) is 0 Å². The third-order valence-corrected chi connectivity index (χ3v) is 5.86. The van der Waals surface area contributed by atoms with Gasteiger partial charge in [-0.05, 0) is 38.2 Å². The number of oxazole rings is 1. The van der Waals surface area contributed by atoms with Crippen molar-refractivity contribution in [2.24, 2.45) is 17.8 Å². The van der Waals surface area contributed by atoms with E-state index < -0.39 is 30.1 Å². The summed E-state index contributed by atoms with van der Waals surface area (Å²) in [6.07, 6.45) is 9.57. The number of carbonyl (C=O) groups excluding carboxylic acids is 3. The molecule has 36 heavy (non-hydrogen) atoms. The van der Waals surface area contributed by atoms with Crippen molar-refractivity contribution < 1.29 is 28.6 Å². The van der Waals surface area contributed by atoms with Crippen LogP contribution in [-0.4, -0.2) is 52.7 Å². The van der Waals surface area contributed by atoms with Crippen molar-refractivity contribution >= 4 is 17.8 Å². The molecule has 5 atom stereocenters. The summed E-state index contributed by atoms with van der Waals surface area (Å²) < 4.78 is 11.1. The number of hydrogen-bond donors (Lipinski definition) is 3. The molecule has 0 aliphatic carbocycles. The van der Waals surface area contributed by atoms with E-state index >= 15 is 0 Å². The van der Waals surface area contributed by atoms with Gasteiger partial charge in [-0.2, -0.15) is 0 Å². The molecule has 0 aromatic carbocycles. The molecule has 1 aliphatic rings. The molecule has 0 spiro atoms. The topological polar surface area (TPSA) is 131 Å². The van der Waals surface area contributed by atoms with E-state index in [1.165, 1.54) is 12.3 Å². The van der Waals surface area contributed by atoms with Gasteiger partial charge in [-0.25, -0.2) is 9.78 Å². The zero-order valence-corrected chi connectivity index (χ0v) is 22.0. The van der Waals surface area contributed by atoms with Gasteiger partial charge in [0.15, 0.2) is 11.6 Å². The van der Waals surface area contributed by atoms with Crippen LogP contribution < -0.4 is 10.6 Å². The monoisotopic (exact) mass is 501 g/mol. The van der Waals surface area contributed by atoms with E-state index in [1.54, 1.807) is 19.1 Å². The maximum absolute atomic E-state index is 12.7. The standard InChI is InChI=1S/C27H39N3O6/c1-16(2)25-19(5)9-10-23(32)28-11-7-8-17(3)12-21(31)13-18(4)14-24-30-22(15-35-24)26(33)29-20(6)27(34)36-25/h7-10,12,15-16,18-21,25,31H,11,13-14H2,1-6H3,(H,28,32)(H,29,33)/b8-7?,10-9+,17-12?. The maximum Gasteiger partial charge on any atom is 0.328 e. The van der Waals surface area contributed by atoms with Crippen molar-refractivity contribution in [1.29, 1.82) is 0 Å². The predicted octanol–water partition coefficient (Wildman–Crippen LogP) is 3.11. The summed E-state index contributed by atoms with van der Waals surface area (Å²) in [7, 11) is 0. The highest BCUT2D eigenvalue weighted by Crippen LogP contribution is 2.19. The Bertz CT molecular complexity index is 993. The molecule has 0 fully saturated rings. The molecular weight excluding hydrogens is 462 g/mol. The minimum absolute atomic E-state index is 0.0119. The lowest BCUT2D eigenvalue weighted by Gasteiger charge is -2.27. The molecule has 3 N–H and O–H groups in total. The van der Waals surface area contributed by atoms with Crippen LogP contribution in [0.4, 0.5) is 0 Å². The second-order valence-corrected chi connectivity index (χ2v) is 9.86. The molecule has 1 aliphatic heterocycles. The van der Waals surface area contributed by atoms with E-state index in [2.05, 4.69) is 15.6 Å². The number of cyclic esters (lactones) is 1. The Morgan fingerprint density at radius 2 is 1.86 bits per heavy atom. The number of carbonyl (C=O) groups is 3. The Labute approximate surface area is 213 Å². The van der Waals surface area contributed by atoms with Crippen LogP contribution in [0.3, 0.4) is 0 Å². The number of rotatable bonds is 1. The number of allylic oxidation sites excluding steroid dienone is 2. The normalized spacial score (nSPS) is 28.6. The number of ether oxygens (including phenoxy) is 1. The Morgan fingerprint density at radius 1 is 1.14 bits per heavy atom. The summed E-state index contributed by atoms with van der Waals surface area (Å²) in [6.45, 7) is 11.4. The molecule has 2 rings (SSSR count). The lowest BCUT2D eigenvalue weighted by atomic mass is 9.94. The number of esters is 1. The molecular formula is C27H39N3O6. The van der Waals surface area contributed by atoms with E-state index in [0.29, 0.717) is 25.3 Å². The van der Waals surface area contributed by atoms with Crippen LogP contribution in [0.5, 0.6) is 0 Å². The SMILES string of the molecule is CC1=CC(O)CC(C)Cc2nc(co2)C(=O)NC(C)C(=O)OC(C(C)C)C(C)/C=C/C(=O)NCC=C1. The Hall–Kier alpha value is -3.20. The van der Waals surface area contributed by atoms with E-state index in [-0.39, 0.29) is 29.4 Å². The average molecular weight is 502 g/mol. The van der Waals surface area contributed by atoms with Crippen molar-refractivity contribution in [1.82, 2.24) is 15.6 Å². The van der Waals surface area contributed by atoms with Crippen LogP contribution in [0.1, 0.15) is 64.3 Å². The van der Waals surface area contributed by atoms with Crippen molar-refractivity contribution in [3.8, 4) is 0 Å². The zero-order chi connectivity index (χ0) is 26.8. The molecule has 1 aromatic rings. The van der Waals surface area contributed by atoms with E-state index in [9.17, 15) is 19.5 Å². The van der Waals surface area contributed by atoms with Crippen LogP contribution in [0.15, 0.2) is 46.6 Å². The van der Waals surface area contributed by atoms with Gasteiger partial charge in [0.1, 0.15) is 18.4 Å². The molecule has 5 unspecified atom stereocenters. The molecule has 9 heteroatoms. The number of nitrogens with one attached hydrogen (secondary N) is 2. The predicted molar refractivity (Wildman–Crippen MR) is 136 cm³/mol. The van der Waals surface area contributed by atoms with Gasteiger partial charge in [0.05, 0.1) is 6.10 Å². The smallest absolute Gasteiger partial charge is 0.328 e. The van der Waals surface area contributed by atoms with Gasteiger partial charge in [0, 0.05) is 18.9 Å². The van der Waals surface area contributed by atoms with Crippen molar-refractivity contribution in [2.75, 3.05) is 6.54 Å². The van der Waals surface area contributed by atoms with Crippen molar-refractivity contribution in [2.45, 2.75) is 72.6 Å². The van der Waals surface area contributed by atoms with Gasteiger partial charge < -0.3 is 24.9 Å². The van der Waals surface area contributed by atoms with Crippen molar-refractivity contribution in [3.05, 3.63) is 53.8 Å². The number of aromatic nitrogens is 1. The second-order valence-electron chi connectivity index (χ2n) is 9.86. The first-order chi connectivity index (χ1) is 17.0. The molecule has 1 aromatic heterocycles. The highest BCUT2D eigenvalue weighted by molar-refractivity contribution is 5.94. The van der Waals surface area contributed by atoms with Crippen molar-refractivity contribution in [3.63, 3.8) is 0 Å². The molecule has 2 heterocycles. The van der Waals surface area contributed by atoms with Crippen LogP contribution in [0.25, 0.3) is 0 Å². The number of hydrogen-bond acceptors (Lipinski definition) is 7. The number of aliphatic hydroxyl groups excluding tert-OH is 1. The molecule has 0 saturated carbocycles. The second kappa shape index (κ2) is 13.8. The highest BCUT2D eigenvalue weighted by atomic mass is 16.5. The molecule has 9 nitrogen and oxygen atoms in total. The minimum atomic E-state index is -0.907.